The van der Waals surface area contributed by atoms with E-state index in [2.05, 4.69) is 61.5 Å². The van der Waals surface area contributed by atoms with Crippen LogP contribution < -0.4 is 25.9 Å². The van der Waals surface area contributed by atoms with Crippen LogP contribution in [0.25, 0.3) is 0 Å². The Hall–Kier alpha value is -1.03. The average Bonchev–Trinajstić information content (AvgIpc) is 2.68. The lowest BCUT2D eigenvalue weighted by atomic mass is 10.1. The summed E-state index contributed by atoms with van der Waals surface area (Å²) in [5.74, 6) is 1.02. The molecule has 0 saturated carbocycles. The maximum Gasteiger partial charge on any atom is 0.357 e. The van der Waals surface area contributed by atoms with Crippen LogP contribution in [-0.2, 0) is 0 Å². The van der Waals surface area contributed by atoms with Gasteiger partial charge in [-0.05, 0) is 42.8 Å². The monoisotopic (exact) mass is 465 g/mol. The van der Waals surface area contributed by atoms with Crippen LogP contribution in [0.5, 0.6) is 5.75 Å². The summed E-state index contributed by atoms with van der Waals surface area (Å²) in [7, 11) is 0. The molecular formula is C24H34IO+. The molecule has 0 atom stereocenters. The van der Waals surface area contributed by atoms with Gasteiger partial charge in [0, 0.05) is 0 Å². The van der Waals surface area contributed by atoms with E-state index in [9.17, 15) is 0 Å². The zero-order valence-electron chi connectivity index (χ0n) is 16.3. The summed E-state index contributed by atoms with van der Waals surface area (Å²) < 4.78 is 8.80. The van der Waals surface area contributed by atoms with Gasteiger partial charge in [0.15, 0.2) is 7.14 Å². The number of hydrogen-bond acceptors (Lipinski definition) is 1. The first-order chi connectivity index (χ1) is 12.9. The Labute approximate surface area is 170 Å². The zero-order valence-corrected chi connectivity index (χ0v) is 18.4. The van der Waals surface area contributed by atoms with Crippen LogP contribution >= 0.6 is 0 Å². The average molecular weight is 465 g/mol. The topological polar surface area (TPSA) is 9.23 Å². The molecule has 0 radical (unpaired) electrons. The lowest BCUT2D eigenvalue weighted by Gasteiger charge is -2.06. The fourth-order valence-corrected chi connectivity index (χ4v) is 5.19. The van der Waals surface area contributed by atoms with Crippen molar-refractivity contribution >= 4 is 0 Å². The van der Waals surface area contributed by atoms with Crippen LogP contribution in [-0.4, -0.2) is 6.61 Å². The van der Waals surface area contributed by atoms with E-state index < -0.39 is 0 Å². The Bertz CT molecular complexity index is 565. The third kappa shape index (κ3) is 9.61. The highest BCUT2D eigenvalue weighted by Gasteiger charge is 2.14. The summed E-state index contributed by atoms with van der Waals surface area (Å²) in [6.45, 7) is 3.13. The van der Waals surface area contributed by atoms with Crippen molar-refractivity contribution in [3.63, 3.8) is 0 Å². The predicted molar refractivity (Wildman–Crippen MR) is 108 cm³/mol. The van der Waals surface area contributed by atoms with Crippen LogP contribution in [0.4, 0.5) is 0 Å². The van der Waals surface area contributed by atoms with E-state index in [0.29, 0.717) is 0 Å². The van der Waals surface area contributed by atoms with E-state index in [0.717, 1.165) is 12.4 Å². The first kappa shape index (κ1) is 21.3. The summed E-state index contributed by atoms with van der Waals surface area (Å²) in [5, 5.41) is 0. The highest BCUT2D eigenvalue weighted by atomic mass is 127. The molecule has 142 valence electrons. The summed E-state index contributed by atoms with van der Waals surface area (Å²) >= 11 is -0.0711. The molecule has 0 bridgehead atoms. The van der Waals surface area contributed by atoms with Gasteiger partial charge in [0.05, 0.1) is 6.61 Å². The molecule has 0 amide bonds. The minimum Gasteiger partial charge on any atom is -0.494 e. The van der Waals surface area contributed by atoms with E-state index in [-0.39, 0.29) is 21.2 Å². The molecule has 2 aromatic rings. The van der Waals surface area contributed by atoms with Gasteiger partial charge in [-0.1, -0.05) is 82.9 Å². The van der Waals surface area contributed by atoms with Gasteiger partial charge in [0.1, 0.15) is 5.75 Å². The normalized spacial score (nSPS) is 10.8. The van der Waals surface area contributed by atoms with Crippen molar-refractivity contribution in [1.82, 2.24) is 0 Å². The third-order valence-electron chi connectivity index (χ3n) is 4.53. The lowest BCUT2D eigenvalue weighted by molar-refractivity contribution is -0.597. The van der Waals surface area contributed by atoms with E-state index in [4.69, 9.17) is 4.74 Å². The van der Waals surface area contributed by atoms with Crippen molar-refractivity contribution in [2.45, 2.75) is 71.1 Å². The molecule has 0 aliphatic rings. The molecule has 0 unspecified atom stereocenters. The standard InChI is InChI=1S/C24H34IO/c1-2-3-4-5-6-7-8-9-10-14-21-26-24-19-17-23(18-20-24)25-22-15-12-11-13-16-22/h11-13,15-20H,2-10,14,21H2,1H3/q+1. The van der Waals surface area contributed by atoms with Crippen LogP contribution in [0.3, 0.4) is 0 Å². The predicted octanol–water partition coefficient (Wildman–Crippen LogP) is 4.11. The zero-order chi connectivity index (χ0) is 18.3. The van der Waals surface area contributed by atoms with Gasteiger partial charge < -0.3 is 4.74 Å². The third-order valence-corrected chi connectivity index (χ3v) is 7.22. The molecule has 0 aliphatic carbocycles. The Morgan fingerprint density at radius 1 is 0.615 bits per heavy atom. The fourth-order valence-electron chi connectivity index (χ4n) is 2.98. The van der Waals surface area contributed by atoms with Crippen molar-refractivity contribution in [2.75, 3.05) is 6.61 Å². The maximum absolute atomic E-state index is 5.90. The molecule has 0 N–H and O–H groups in total. The molecule has 0 saturated heterocycles. The Balaban J connectivity index is 1.49. The van der Waals surface area contributed by atoms with Crippen LogP contribution in [0.1, 0.15) is 71.1 Å². The summed E-state index contributed by atoms with van der Waals surface area (Å²) in [4.78, 5) is 0. The molecule has 0 spiro atoms. The Morgan fingerprint density at radius 3 is 1.77 bits per heavy atom. The minimum absolute atomic E-state index is 0.0711. The molecule has 2 heteroatoms. The summed E-state index contributed by atoms with van der Waals surface area (Å²) in [5.41, 5.74) is 0. The van der Waals surface area contributed by atoms with Crippen molar-refractivity contribution < 1.29 is 25.9 Å². The second-order valence-corrected chi connectivity index (χ2v) is 9.91. The molecule has 26 heavy (non-hydrogen) atoms. The maximum atomic E-state index is 5.90. The number of halogens is 1. The fraction of sp³-hybridized carbons (Fsp3) is 0.500. The van der Waals surface area contributed by atoms with Crippen LogP contribution in [0.15, 0.2) is 54.6 Å². The largest absolute Gasteiger partial charge is 0.494 e. The van der Waals surface area contributed by atoms with Gasteiger partial charge in [-0.25, -0.2) is 0 Å². The van der Waals surface area contributed by atoms with Crippen molar-refractivity contribution in [3.8, 4) is 5.75 Å². The molecule has 2 rings (SSSR count). The number of rotatable bonds is 14. The number of hydrogen-bond donors (Lipinski definition) is 0. The SMILES string of the molecule is CCCCCCCCCCCCOc1ccc([I+]c2ccccc2)cc1. The Kier molecular flexibility index (Phi) is 11.5. The lowest BCUT2D eigenvalue weighted by Crippen LogP contribution is -3.61. The molecular weight excluding hydrogens is 431 g/mol. The van der Waals surface area contributed by atoms with Crippen LogP contribution in [0.2, 0.25) is 0 Å². The van der Waals surface area contributed by atoms with Crippen molar-refractivity contribution in [2.24, 2.45) is 0 Å². The van der Waals surface area contributed by atoms with Crippen LogP contribution in [0, 0.1) is 7.14 Å². The smallest absolute Gasteiger partial charge is 0.357 e. The highest BCUT2D eigenvalue weighted by molar-refractivity contribution is 5.20. The van der Waals surface area contributed by atoms with E-state index >= 15 is 0 Å². The second kappa shape index (κ2) is 14.1. The highest BCUT2D eigenvalue weighted by Crippen LogP contribution is 2.12. The van der Waals surface area contributed by atoms with Crippen molar-refractivity contribution in [3.05, 3.63) is 61.7 Å². The quantitative estimate of drug-likeness (QED) is 0.302. The van der Waals surface area contributed by atoms with Gasteiger partial charge in [-0.15, -0.1) is 0 Å². The summed E-state index contributed by atoms with van der Waals surface area (Å²) in [6, 6.07) is 19.5. The Morgan fingerprint density at radius 2 is 1.15 bits per heavy atom. The molecule has 0 aromatic heterocycles. The van der Waals surface area contributed by atoms with E-state index in [1.165, 1.54) is 71.3 Å². The number of ether oxygens (including phenoxy) is 1. The molecule has 0 aliphatic heterocycles. The molecule has 2 aromatic carbocycles. The van der Waals surface area contributed by atoms with Gasteiger partial charge in [0.25, 0.3) is 0 Å². The first-order valence-corrected chi connectivity index (χ1v) is 12.5. The summed E-state index contributed by atoms with van der Waals surface area (Å²) in [6.07, 6.45) is 13.7. The van der Waals surface area contributed by atoms with Gasteiger partial charge >= 0.3 is 21.2 Å². The van der Waals surface area contributed by atoms with E-state index in [1.54, 1.807) is 0 Å². The van der Waals surface area contributed by atoms with Crippen molar-refractivity contribution in [1.29, 1.82) is 0 Å². The van der Waals surface area contributed by atoms with Gasteiger partial charge in [-0.3, -0.25) is 0 Å². The number of benzene rings is 2. The van der Waals surface area contributed by atoms with Gasteiger partial charge in [-0.2, -0.15) is 0 Å². The minimum atomic E-state index is -0.0711. The molecule has 0 fully saturated rings. The molecule has 1 nitrogen and oxygen atoms in total. The molecule has 0 heterocycles. The number of unbranched alkanes of at least 4 members (excludes halogenated alkanes) is 9. The van der Waals surface area contributed by atoms with Gasteiger partial charge in [0.2, 0.25) is 0 Å². The first-order valence-electron chi connectivity index (χ1n) is 10.3. The second-order valence-electron chi connectivity index (χ2n) is 6.87. The van der Waals surface area contributed by atoms with E-state index in [1.807, 2.05) is 0 Å².